The van der Waals surface area contributed by atoms with Crippen LogP contribution in [0.1, 0.15) is 37.1 Å². The highest BCUT2D eigenvalue weighted by molar-refractivity contribution is 5.36. The van der Waals surface area contributed by atoms with E-state index in [9.17, 15) is 0 Å². The maximum absolute atomic E-state index is 5.70. The third kappa shape index (κ3) is 2.12. The van der Waals surface area contributed by atoms with Crippen LogP contribution >= 0.6 is 0 Å². The molecule has 1 aliphatic carbocycles. The van der Waals surface area contributed by atoms with Gasteiger partial charge in [-0.05, 0) is 44.7 Å². The molecule has 0 aromatic carbocycles. The van der Waals surface area contributed by atoms with Crippen molar-refractivity contribution in [2.45, 2.75) is 45.8 Å². The number of aryl methyl sites for hydroxylation is 2. The molecule has 0 unspecified atom stereocenters. The first kappa shape index (κ1) is 10.4. The predicted octanol–water partition coefficient (Wildman–Crippen LogP) is 1.82. The van der Waals surface area contributed by atoms with Gasteiger partial charge in [0.15, 0.2) is 0 Å². The van der Waals surface area contributed by atoms with Gasteiger partial charge in [-0.1, -0.05) is 0 Å². The summed E-state index contributed by atoms with van der Waals surface area (Å²) in [5, 5.41) is 0. The van der Waals surface area contributed by atoms with Crippen LogP contribution in [0.3, 0.4) is 0 Å². The molecule has 0 saturated carbocycles. The lowest BCUT2D eigenvalue weighted by molar-refractivity contribution is 0.229. The van der Waals surface area contributed by atoms with E-state index in [1.807, 2.05) is 13.8 Å². The second-order valence-corrected chi connectivity index (χ2v) is 4.28. The average Bonchev–Trinajstić information content (AvgIpc) is 2.62. The summed E-state index contributed by atoms with van der Waals surface area (Å²) in [5.41, 5.74) is 9.28. The van der Waals surface area contributed by atoms with Gasteiger partial charge in [-0.15, -0.1) is 0 Å². The zero-order chi connectivity index (χ0) is 10.8. The highest BCUT2D eigenvalue weighted by Crippen LogP contribution is 2.26. The van der Waals surface area contributed by atoms with Crippen LogP contribution in [0.25, 0.3) is 0 Å². The largest absolute Gasteiger partial charge is 0.475 e. The molecule has 1 aliphatic rings. The minimum Gasteiger partial charge on any atom is -0.475 e. The summed E-state index contributed by atoms with van der Waals surface area (Å²) in [5.74, 6) is 0.730. The minimum atomic E-state index is 0.155. The third-order valence-corrected chi connectivity index (χ3v) is 2.66. The molecule has 0 fully saturated rings. The Morgan fingerprint density at radius 3 is 2.93 bits per heavy atom. The number of nitrogens with two attached hydrogens (primary N) is 1. The second-order valence-electron chi connectivity index (χ2n) is 4.28. The monoisotopic (exact) mass is 206 g/mol. The van der Waals surface area contributed by atoms with Crippen molar-refractivity contribution in [3.05, 3.63) is 22.9 Å². The summed E-state index contributed by atoms with van der Waals surface area (Å²) < 4.78 is 5.67. The number of hydrogen-bond donors (Lipinski definition) is 1. The molecule has 1 aromatic heterocycles. The van der Waals surface area contributed by atoms with Gasteiger partial charge in [0.1, 0.15) is 0 Å². The van der Waals surface area contributed by atoms with E-state index >= 15 is 0 Å². The van der Waals surface area contributed by atoms with E-state index in [4.69, 9.17) is 10.5 Å². The maximum Gasteiger partial charge on any atom is 0.218 e. The molecule has 0 amide bonds. The Morgan fingerprint density at radius 2 is 2.27 bits per heavy atom. The fourth-order valence-corrected chi connectivity index (χ4v) is 1.97. The first-order valence-electron chi connectivity index (χ1n) is 5.59. The molecular formula is C12H18N2O. The van der Waals surface area contributed by atoms with Crippen LogP contribution in [0.2, 0.25) is 0 Å². The molecule has 3 heteroatoms. The molecule has 1 heterocycles. The first-order chi connectivity index (χ1) is 7.20. The predicted molar refractivity (Wildman–Crippen MR) is 59.9 cm³/mol. The molecule has 3 nitrogen and oxygen atoms in total. The molecule has 15 heavy (non-hydrogen) atoms. The fraction of sp³-hybridized carbons (Fsp3) is 0.583. The quantitative estimate of drug-likeness (QED) is 0.820. The van der Waals surface area contributed by atoms with Gasteiger partial charge in [0.2, 0.25) is 5.88 Å². The van der Waals surface area contributed by atoms with Gasteiger partial charge < -0.3 is 10.5 Å². The third-order valence-electron chi connectivity index (χ3n) is 2.66. The van der Waals surface area contributed by atoms with E-state index in [0.29, 0.717) is 6.54 Å². The Labute approximate surface area is 90.7 Å². The number of fused-ring (bicyclic) bond motifs is 1. The SMILES string of the molecule is CC(C)Oc1nc2c(cc1CN)CCC2. The van der Waals surface area contributed by atoms with Crippen molar-refractivity contribution in [2.75, 3.05) is 0 Å². The van der Waals surface area contributed by atoms with Crippen molar-refractivity contribution in [1.82, 2.24) is 4.98 Å². The summed E-state index contributed by atoms with van der Waals surface area (Å²) in [7, 11) is 0. The number of pyridine rings is 1. The van der Waals surface area contributed by atoms with Crippen LogP contribution < -0.4 is 10.5 Å². The Morgan fingerprint density at radius 1 is 1.47 bits per heavy atom. The number of rotatable bonds is 3. The Balaban J connectivity index is 2.35. The van der Waals surface area contributed by atoms with Crippen molar-refractivity contribution in [1.29, 1.82) is 0 Å². The van der Waals surface area contributed by atoms with Gasteiger partial charge in [-0.3, -0.25) is 0 Å². The second kappa shape index (κ2) is 4.19. The van der Waals surface area contributed by atoms with E-state index in [0.717, 1.165) is 24.3 Å². The van der Waals surface area contributed by atoms with Crippen molar-refractivity contribution in [3.8, 4) is 5.88 Å². The molecule has 0 spiro atoms. The summed E-state index contributed by atoms with van der Waals surface area (Å²) in [4.78, 5) is 4.56. The molecule has 0 bridgehead atoms. The molecule has 0 atom stereocenters. The summed E-state index contributed by atoms with van der Waals surface area (Å²) in [6, 6.07) is 2.16. The first-order valence-corrected chi connectivity index (χ1v) is 5.59. The van der Waals surface area contributed by atoms with E-state index in [-0.39, 0.29) is 6.10 Å². The highest BCUT2D eigenvalue weighted by atomic mass is 16.5. The van der Waals surface area contributed by atoms with Crippen LogP contribution in [0.15, 0.2) is 6.07 Å². The van der Waals surface area contributed by atoms with E-state index in [1.165, 1.54) is 17.7 Å². The molecular weight excluding hydrogens is 188 g/mol. The number of aromatic nitrogens is 1. The van der Waals surface area contributed by atoms with Crippen LogP contribution in [0, 0.1) is 0 Å². The molecule has 0 aliphatic heterocycles. The number of hydrogen-bond acceptors (Lipinski definition) is 3. The summed E-state index contributed by atoms with van der Waals surface area (Å²) >= 11 is 0. The molecule has 82 valence electrons. The number of nitrogens with zero attached hydrogens (tertiary/aromatic N) is 1. The van der Waals surface area contributed by atoms with Gasteiger partial charge in [-0.25, -0.2) is 4.98 Å². The molecule has 0 saturated heterocycles. The summed E-state index contributed by atoms with van der Waals surface area (Å²) in [6.45, 7) is 4.52. The van der Waals surface area contributed by atoms with Crippen molar-refractivity contribution in [3.63, 3.8) is 0 Å². The zero-order valence-electron chi connectivity index (χ0n) is 9.42. The van der Waals surface area contributed by atoms with Crippen molar-refractivity contribution in [2.24, 2.45) is 5.73 Å². The number of ether oxygens (including phenoxy) is 1. The van der Waals surface area contributed by atoms with Crippen LogP contribution in [-0.2, 0) is 19.4 Å². The average molecular weight is 206 g/mol. The lowest BCUT2D eigenvalue weighted by Crippen LogP contribution is -2.12. The van der Waals surface area contributed by atoms with Gasteiger partial charge in [0, 0.05) is 17.8 Å². The van der Waals surface area contributed by atoms with Crippen LogP contribution in [-0.4, -0.2) is 11.1 Å². The highest BCUT2D eigenvalue weighted by Gasteiger charge is 2.16. The van der Waals surface area contributed by atoms with Gasteiger partial charge >= 0.3 is 0 Å². The molecule has 0 radical (unpaired) electrons. The zero-order valence-corrected chi connectivity index (χ0v) is 9.42. The van der Waals surface area contributed by atoms with Gasteiger partial charge in [0.25, 0.3) is 0 Å². The molecule has 2 rings (SSSR count). The molecule has 1 aromatic rings. The molecule has 2 N–H and O–H groups in total. The van der Waals surface area contributed by atoms with Crippen molar-refractivity contribution < 1.29 is 4.74 Å². The van der Waals surface area contributed by atoms with E-state index in [2.05, 4.69) is 11.1 Å². The fourth-order valence-electron chi connectivity index (χ4n) is 1.97. The van der Waals surface area contributed by atoms with E-state index < -0.39 is 0 Å². The van der Waals surface area contributed by atoms with Crippen LogP contribution in [0.5, 0.6) is 5.88 Å². The smallest absolute Gasteiger partial charge is 0.218 e. The van der Waals surface area contributed by atoms with Gasteiger partial charge in [-0.2, -0.15) is 0 Å². The lowest BCUT2D eigenvalue weighted by Gasteiger charge is -2.13. The topological polar surface area (TPSA) is 48.1 Å². The minimum absolute atomic E-state index is 0.155. The van der Waals surface area contributed by atoms with Crippen molar-refractivity contribution >= 4 is 0 Å². The maximum atomic E-state index is 5.70. The normalized spacial score (nSPS) is 14.4. The standard InChI is InChI=1S/C12H18N2O/c1-8(2)15-12-10(7-13)6-9-4-3-5-11(9)14-12/h6,8H,3-5,7,13H2,1-2H3. The summed E-state index contributed by atoms with van der Waals surface area (Å²) in [6.07, 6.45) is 3.57. The van der Waals surface area contributed by atoms with Gasteiger partial charge in [0.05, 0.1) is 6.10 Å². The Bertz CT molecular complexity index is 361. The Hall–Kier alpha value is -1.09. The van der Waals surface area contributed by atoms with Crippen LogP contribution in [0.4, 0.5) is 0 Å². The lowest BCUT2D eigenvalue weighted by atomic mass is 10.1. The van der Waals surface area contributed by atoms with E-state index in [1.54, 1.807) is 0 Å². The Kier molecular flexibility index (Phi) is 2.91.